The molecule has 5 nitrogen and oxygen atoms in total. The Balaban J connectivity index is 2.52. The Bertz CT molecular complexity index is 549. The highest BCUT2D eigenvalue weighted by molar-refractivity contribution is 5.69. The zero-order valence-corrected chi connectivity index (χ0v) is 17.5. The van der Waals surface area contributed by atoms with Crippen LogP contribution in [0.4, 0.5) is 0 Å². The fraction of sp³-hybridized carbons (Fsp3) is 0.652. The van der Waals surface area contributed by atoms with Crippen LogP contribution in [0.5, 0.6) is 0 Å². The second-order valence-corrected chi connectivity index (χ2v) is 7.32. The van der Waals surface area contributed by atoms with Crippen LogP contribution in [0.2, 0.25) is 0 Å². The van der Waals surface area contributed by atoms with E-state index in [-0.39, 0.29) is 29.9 Å². The standard InChI is InChI=1S/C23H36O5/c1-4-5-8-12-20(28-18(2)24)15-16-21-19(14-17-22(21)25)11-9-6-7-10-13-23(26)27-3/h6,9,14-17,19-22,25H,4-5,7-8,10-13H2,1-3H3/b9-6-,16-15+/t19-,20-,21+,22?/m0/s1. The van der Waals surface area contributed by atoms with Crippen molar-refractivity contribution in [1.29, 1.82) is 0 Å². The highest BCUT2D eigenvalue weighted by Gasteiger charge is 2.27. The minimum atomic E-state index is -0.511. The number of hydrogen-bond donors (Lipinski definition) is 1. The molecule has 4 atom stereocenters. The number of aliphatic hydroxyl groups excluding tert-OH is 1. The largest absolute Gasteiger partial charge is 0.469 e. The predicted molar refractivity (Wildman–Crippen MR) is 111 cm³/mol. The Hall–Kier alpha value is -1.88. The van der Waals surface area contributed by atoms with Gasteiger partial charge in [0.2, 0.25) is 0 Å². The highest BCUT2D eigenvalue weighted by atomic mass is 16.5. The average Bonchev–Trinajstić information content (AvgIpc) is 3.01. The summed E-state index contributed by atoms with van der Waals surface area (Å²) in [4.78, 5) is 22.4. The molecule has 5 heteroatoms. The van der Waals surface area contributed by atoms with Gasteiger partial charge < -0.3 is 14.6 Å². The van der Waals surface area contributed by atoms with E-state index in [0.717, 1.165) is 44.9 Å². The topological polar surface area (TPSA) is 72.8 Å². The third kappa shape index (κ3) is 9.88. The molecule has 0 amide bonds. The Morgan fingerprint density at radius 3 is 2.64 bits per heavy atom. The summed E-state index contributed by atoms with van der Waals surface area (Å²) in [5.41, 5.74) is 0. The summed E-state index contributed by atoms with van der Waals surface area (Å²) in [7, 11) is 1.40. The predicted octanol–water partition coefficient (Wildman–Crippen LogP) is 4.51. The molecule has 158 valence electrons. The van der Waals surface area contributed by atoms with E-state index >= 15 is 0 Å². The van der Waals surface area contributed by atoms with E-state index in [2.05, 4.69) is 29.9 Å². The summed E-state index contributed by atoms with van der Waals surface area (Å²) in [6.45, 7) is 3.57. The van der Waals surface area contributed by atoms with Gasteiger partial charge in [-0.2, -0.15) is 0 Å². The van der Waals surface area contributed by atoms with E-state index in [1.54, 1.807) is 0 Å². The molecule has 0 aromatic carbocycles. The van der Waals surface area contributed by atoms with Crippen LogP contribution >= 0.6 is 0 Å². The minimum Gasteiger partial charge on any atom is -0.469 e. The molecule has 1 N–H and O–H groups in total. The zero-order chi connectivity index (χ0) is 20.8. The molecule has 0 saturated heterocycles. The number of methoxy groups -OCH3 is 1. The van der Waals surface area contributed by atoms with Gasteiger partial charge in [-0.3, -0.25) is 9.59 Å². The van der Waals surface area contributed by atoms with E-state index < -0.39 is 6.10 Å². The maximum atomic E-state index is 11.3. The average molecular weight is 393 g/mol. The van der Waals surface area contributed by atoms with E-state index in [4.69, 9.17) is 4.74 Å². The maximum absolute atomic E-state index is 11.3. The van der Waals surface area contributed by atoms with Crippen LogP contribution in [0.15, 0.2) is 36.5 Å². The Morgan fingerprint density at radius 1 is 1.18 bits per heavy atom. The number of allylic oxidation sites excluding steroid dienone is 3. The van der Waals surface area contributed by atoms with E-state index in [1.807, 2.05) is 18.2 Å². The van der Waals surface area contributed by atoms with Gasteiger partial charge in [-0.1, -0.05) is 50.1 Å². The fourth-order valence-electron chi connectivity index (χ4n) is 3.35. The first-order valence-electron chi connectivity index (χ1n) is 10.4. The normalized spacial score (nSPS) is 22.8. The first-order valence-corrected chi connectivity index (χ1v) is 10.4. The number of rotatable bonds is 13. The summed E-state index contributed by atoms with van der Waals surface area (Å²) in [5.74, 6) is -0.245. The van der Waals surface area contributed by atoms with Crippen LogP contribution < -0.4 is 0 Å². The number of esters is 2. The third-order valence-corrected chi connectivity index (χ3v) is 4.96. The van der Waals surface area contributed by atoms with Crippen molar-refractivity contribution in [2.75, 3.05) is 7.11 Å². The highest BCUT2D eigenvalue weighted by Crippen LogP contribution is 2.30. The second-order valence-electron chi connectivity index (χ2n) is 7.32. The van der Waals surface area contributed by atoms with Crippen molar-refractivity contribution in [3.63, 3.8) is 0 Å². The molecular weight excluding hydrogens is 356 g/mol. The molecule has 1 aliphatic rings. The number of hydrogen-bond acceptors (Lipinski definition) is 5. The van der Waals surface area contributed by atoms with Crippen LogP contribution in [0.3, 0.4) is 0 Å². The lowest BCUT2D eigenvalue weighted by atomic mass is 9.90. The van der Waals surface area contributed by atoms with Gasteiger partial charge in [0.25, 0.3) is 0 Å². The van der Waals surface area contributed by atoms with E-state index in [0.29, 0.717) is 6.42 Å². The molecule has 0 aliphatic heterocycles. The monoisotopic (exact) mass is 392 g/mol. The molecule has 0 aromatic heterocycles. The first-order chi connectivity index (χ1) is 13.5. The lowest BCUT2D eigenvalue weighted by Gasteiger charge is -2.19. The molecule has 0 heterocycles. The molecule has 0 fully saturated rings. The van der Waals surface area contributed by atoms with Crippen molar-refractivity contribution < 1.29 is 24.2 Å². The second kappa shape index (κ2) is 14.2. The molecular formula is C23H36O5. The number of aliphatic hydroxyl groups is 1. The van der Waals surface area contributed by atoms with Gasteiger partial charge >= 0.3 is 11.9 Å². The van der Waals surface area contributed by atoms with Gasteiger partial charge in [0, 0.05) is 19.3 Å². The van der Waals surface area contributed by atoms with Crippen molar-refractivity contribution >= 4 is 11.9 Å². The number of ether oxygens (including phenoxy) is 2. The molecule has 1 aliphatic carbocycles. The molecule has 0 aromatic rings. The quantitative estimate of drug-likeness (QED) is 0.284. The molecule has 0 radical (unpaired) electrons. The summed E-state index contributed by atoms with van der Waals surface area (Å²) >= 11 is 0. The van der Waals surface area contributed by atoms with Crippen molar-refractivity contribution in [1.82, 2.24) is 0 Å². The van der Waals surface area contributed by atoms with Gasteiger partial charge in [0.15, 0.2) is 0 Å². The summed E-state index contributed by atoms with van der Waals surface area (Å²) in [6.07, 6.45) is 18.2. The smallest absolute Gasteiger partial charge is 0.305 e. The van der Waals surface area contributed by atoms with Crippen molar-refractivity contribution in [3.05, 3.63) is 36.5 Å². The molecule has 1 unspecified atom stereocenters. The summed E-state index contributed by atoms with van der Waals surface area (Å²) in [6, 6.07) is 0. The Kier molecular flexibility index (Phi) is 12.2. The van der Waals surface area contributed by atoms with Crippen molar-refractivity contribution in [3.8, 4) is 0 Å². The first kappa shape index (κ1) is 24.2. The molecule has 0 bridgehead atoms. The SMILES string of the molecule is CCCCC[C@@H](/C=C/[C@H]1C(O)C=C[C@@H]1C/C=C\CCCC(=O)OC)OC(C)=O. The summed E-state index contributed by atoms with van der Waals surface area (Å²) in [5, 5.41) is 10.3. The fourth-order valence-corrected chi connectivity index (χ4v) is 3.35. The van der Waals surface area contributed by atoms with E-state index in [1.165, 1.54) is 14.0 Å². The van der Waals surface area contributed by atoms with Crippen molar-refractivity contribution in [2.45, 2.75) is 77.4 Å². The van der Waals surface area contributed by atoms with Crippen LogP contribution in [0.1, 0.15) is 65.2 Å². The Labute approximate surface area is 169 Å². The van der Waals surface area contributed by atoms with Gasteiger partial charge in [-0.15, -0.1) is 0 Å². The number of carbonyl (C=O) groups is 2. The molecule has 0 saturated carbocycles. The van der Waals surface area contributed by atoms with Gasteiger partial charge in [-0.05, 0) is 44.1 Å². The third-order valence-electron chi connectivity index (χ3n) is 4.96. The number of unbranched alkanes of at least 4 members (excludes halogenated alkanes) is 3. The van der Waals surface area contributed by atoms with Gasteiger partial charge in [-0.25, -0.2) is 0 Å². The zero-order valence-electron chi connectivity index (χ0n) is 17.5. The minimum absolute atomic E-state index is 0.0102. The maximum Gasteiger partial charge on any atom is 0.305 e. The van der Waals surface area contributed by atoms with Crippen molar-refractivity contribution in [2.24, 2.45) is 11.8 Å². The van der Waals surface area contributed by atoms with Gasteiger partial charge in [0.1, 0.15) is 6.10 Å². The lowest BCUT2D eigenvalue weighted by Crippen LogP contribution is -2.19. The van der Waals surface area contributed by atoms with Crippen LogP contribution in [-0.4, -0.2) is 36.4 Å². The van der Waals surface area contributed by atoms with Crippen LogP contribution in [0, 0.1) is 11.8 Å². The molecule has 28 heavy (non-hydrogen) atoms. The van der Waals surface area contributed by atoms with E-state index in [9.17, 15) is 14.7 Å². The molecule has 0 spiro atoms. The van der Waals surface area contributed by atoms with Crippen LogP contribution in [0.25, 0.3) is 0 Å². The Morgan fingerprint density at radius 2 is 1.96 bits per heavy atom. The van der Waals surface area contributed by atoms with Gasteiger partial charge in [0.05, 0.1) is 13.2 Å². The molecule has 1 rings (SSSR count). The lowest BCUT2D eigenvalue weighted by molar-refractivity contribution is -0.144. The number of carbonyl (C=O) groups excluding carboxylic acids is 2. The summed E-state index contributed by atoms with van der Waals surface area (Å²) < 4.78 is 10.0. The van der Waals surface area contributed by atoms with Crippen LogP contribution in [-0.2, 0) is 19.1 Å².